The molecule has 17 heavy (non-hydrogen) atoms. The summed E-state index contributed by atoms with van der Waals surface area (Å²) >= 11 is 12.0. The van der Waals surface area contributed by atoms with Gasteiger partial charge in [0.1, 0.15) is 0 Å². The number of rotatable bonds is 2. The van der Waals surface area contributed by atoms with Gasteiger partial charge in [-0.3, -0.25) is 0 Å². The molecule has 2 aromatic carbocycles. The van der Waals surface area contributed by atoms with E-state index in [1.54, 1.807) is 30.3 Å². The van der Waals surface area contributed by atoms with Crippen molar-refractivity contribution >= 4 is 23.2 Å². The molecule has 1 N–H and O–H groups in total. The topological polar surface area (TPSA) is 29.5 Å². The van der Waals surface area contributed by atoms with Gasteiger partial charge in [-0.25, -0.2) is 0 Å². The highest BCUT2D eigenvalue weighted by molar-refractivity contribution is 6.36. The zero-order chi connectivity index (χ0) is 12.4. The van der Waals surface area contributed by atoms with Gasteiger partial charge in [-0.05, 0) is 29.8 Å². The van der Waals surface area contributed by atoms with Crippen molar-refractivity contribution in [3.05, 3.63) is 46.4 Å². The Morgan fingerprint density at radius 2 is 1.82 bits per heavy atom. The number of aromatic hydroxyl groups is 1. The Bertz CT molecular complexity index is 553. The third-order valence-electron chi connectivity index (χ3n) is 2.42. The minimum Gasteiger partial charge on any atom is -0.504 e. The van der Waals surface area contributed by atoms with Crippen molar-refractivity contribution < 1.29 is 9.84 Å². The first kappa shape index (κ1) is 12.1. The van der Waals surface area contributed by atoms with Gasteiger partial charge in [0.05, 0.1) is 7.11 Å². The first-order valence-electron chi connectivity index (χ1n) is 4.94. The van der Waals surface area contributed by atoms with E-state index in [2.05, 4.69) is 0 Å². The van der Waals surface area contributed by atoms with Crippen LogP contribution in [0, 0.1) is 0 Å². The first-order chi connectivity index (χ1) is 8.11. The van der Waals surface area contributed by atoms with Gasteiger partial charge in [-0.2, -0.15) is 0 Å². The van der Waals surface area contributed by atoms with Crippen molar-refractivity contribution in [2.24, 2.45) is 0 Å². The number of ether oxygens (including phenoxy) is 1. The molecule has 0 aromatic heterocycles. The standard InChI is InChI=1S/C13H10Cl2O2/c1-17-13-6-8(2-5-12(13)16)10-4-3-9(14)7-11(10)15/h2-7,16H,1H3. The fraction of sp³-hybridized carbons (Fsp3) is 0.0769. The van der Waals surface area contributed by atoms with Crippen LogP contribution in [0.3, 0.4) is 0 Å². The minimum atomic E-state index is 0.0985. The summed E-state index contributed by atoms with van der Waals surface area (Å²) < 4.78 is 5.05. The molecule has 0 saturated heterocycles. The van der Waals surface area contributed by atoms with E-state index in [0.717, 1.165) is 11.1 Å². The quantitative estimate of drug-likeness (QED) is 0.876. The number of phenolic OH excluding ortho intramolecular Hbond substituents is 1. The van der Waals surface area contributed by atoms with E-state index in [9.17, 15) is 5.11 Å². The first-order valence-corrected chi connectivity index (χ1v) is 5.70. The van der Waals surface area contributed by atoms with Crippen molar-refractivity contribution in [2.45, 2.75) is 0 Å². The lowest BCUT2D eigenvalue weighted by molar-refractivity contribution is 0.373. The zero-order valence-electron chi connectivity index (χ0n) is 9.08. The van der Waals surface area contributed by atoms with E-state index in [4.69, 9.17) is 27.9 Å². The van der Waals surface area contributed by atoms with Gasteiger partial charge in [0.15, 0.2) is 11.5 Å². The Balaban J connectivity index is 2.53. The maximum Gasteiger partial charge on any atom is 0.161 e. The predicted molar refractivity (Wildman–Crippen MR) is 70.1 cm³/mol. The van der Waals surface area contributed by atoms with Gasteiger partial charge in [0.25, 0.3) is 0 Å². The van der Waals surface area contributed by atoms with Crippen LogP contribution in [0.4, 0.5) is 0 Å². The second kappa shape index (κ2) is 4.86. The van der Waals surface area contributed by atoms with Crippen LogP contribution in [0.25, 0.3) is 11.1 Å². The molecule has 0 aliphatic carbocycles. The lowest BCUT2D eigenvalue weighted by Gasteiger charge is -2.08. The van der Waals surface area contributed by atoms with E-state index in [-0.39, 0.29) is 5.75 Å². The number of methoxy groups -OCH3 is 1. The summed E-state index contributed by atoms with van der Waals surface area (Å²) in [6, 6.07) is 10.3. The Labute approximate surface area is 109 Å². The van der Waals surface area contributed by atoms with Crippen LogP contribution in [-0.2, 0) is 0 Å². The Morgan fingerprint density at radius 1 is 1.06 bits per heavy atom. The van der Waals surface area contributed by atoms with E-state index in [0.29, 0.717) is 15.8 Å². The molecular weight excluding hydrogens is 259 g/mol. The molecule has 0 bridgehead atoms. The van der Waals surface area contributed by atoms with Crippen molar-refractivity contribution in [3.8, 4) is 22.6 Å². The van der Waals surface area contributed by atoms with Crippen LogP contribution in [0.5, 0.6) is 11.5 Å². The summed E-state index contributed by atoms with van der Waals surface area (Å²) in [5.74, 6) is 0.509. The van der Waals surface area contributed by atoms with Gasteiger partial charge in [0.2, 0.25) is 0 Å². The molecule has 0 amide bonds. The molecule has 0 spiro atoms. The van der Waals surface area contributed by atoms with E-state index < -0.39 is 0 Å². The maximum absolute atomic E-state index is 9.52. The molecule has 0 aliphatic heterocycles. The normalized spacial score (nSPS) is 10.3. The Kier molecular flexibility index (Phi) is 3.46. The molecule has 0 fully saturated rings. The third-order valence-corrected chi connectivity index (χ3v) is 2.97. The third kappa shape index (κ3) is 2.48. The minimum absolute atomic E-state index is 0.0985. The summed E-state index contributed by atoms with van der Waals surface area (Å²) in [4.78, 5) is 0. The van der Waals surface area contributed by atoms with Gasteiger partial charge >= 0.3 is 0 Å². The van der Waals surface area contributed by atoms with Gasteiger partial charge in [0, 0.05) is 15.6 Å². The summed E-state index contributed by atoms with van der Waals surface area (Å²) in [6.45, 7) is 0. The highest BCUT2D eigenvalue weighted by atomic mass is 35.5. The van der Waals surface area contributed by atoms with Crippen molar-refractivity contribution in [2.75, 3.05) is 7.11 Å². The molecule has 0 unspecified atom stereocenters. The number of phenols is 1. The molecule has 2 aromatic rings. The van der Waals surface area contributed by atoms with Crippen LogP contribution in [-0.4, -0.2) is 12.2 Å². The highest BCUT2D eigenvalue weighted by Crippen LogP contribution is 2.35. The number of benzene rings is 2. The van der Waals surface area contributed by atoms with Gasteiger partial charge in [-0.1, -0.05) is 35.3 Å². The van der Waals surface area contributed by atoms with Crippen LogP contribution >= 0.6 is 23.2 Å². The summed E-state index contributed by atoms with van der Waals surface area (Å²) in [5, 5.41) is 10.7. The molecule has 88 valence electrons. The van der Waals surface area contributed by atoms with E-state index >= 15 is 0 Å². The van der Waals surface area contributed by atoms with Crippen molar-refractivity contribution in [1.29, 1.82) is 0 Å². The van der Waals surface area contributed by atoms with E-state index in [1.165, 1.54) is 7.11 Å². The van der Waals surface area contributed by atoms with Crippen LogP contribution in [0.2, 0.25) is 10.0 Å². The predicted octanol–water partition coefficient (Wildman–Crippen LogP) is 4.37. The molecule has 2 nitrogen and oxygen atoms in total. The summed E-state index contributed by atoms with van der Waals surface area (Å²) in [5.41, 5.74) is 1.70. The smallest absolute Gasteiger partial charge is 0.161 e. The molecule has 0 radical (unpaired) electrons. The summed E-state index contributed by atoms with van der Waals surface area (Å²) in [7, 11) is 1.50. The average molecular weight is 269 g/mol. The molecular formula is C13H10Cl2O2. The van der Waals surface area contributed by atoms with Crippen LogP contribution < -0.4 is 4.74 Å². The Morgan fingerprint density at radius 3 is 2.47 bits per heavy atom. The molecule has 2 rings (SSSR count). The molecule has 0 saturated carbocycles. The lowest BCUT2D eigenvalue weighted by atomic mass is 10.1. The SMILES string of the molecule is COc1cc(-c2ccc(Cl)cc2Cl)ccc1O. The lowest BCUT2D eigenvalue weighted by Crippen LogP contribution is -1.86. The largest absolute Gasteiger partial charge is 0.504 e. The zero-order valence-corrected chi connectivity index (χ0v) is 10.6. The average Bonchev–Trinajstić information content (AvgIpc) is 2.30. The number of hydrogen-bond donors (Lipinski definition) is 1. The number of hydrogen-bond acceptors (Lipinski definition) is 2. The fourth-order valence-electron chi connectivity index (χ4n) is 1.57. The monoisotopic (exact) mass is 268 g/mol. The maximum atomic E-state index is 9.52. The second-order valence-electron chi connectivity index (χ2n) is 3.51. The second-order valence-corrected chi connectivity index (χ2v) is 4.35. The van der Waals surface area contributed by atoms with Gasteiger partial charge < -0.3 is 9.84 Å². The Hall–Kier alpha value is -1.38. The molecule has 0 heterocycles. The van der Waals surface area contributed by atoms with Crippen LogP contribution in [0.15, 0.2) is 36.4 Å². The molecule has 0 aliphatic rings. The highest BCUT2D eigenvalue weighted by Gasteiger charge is 2.08. The molecule has 0 atom stereocenters. The van der Waals surface area contributed by atoms with Crippen LogP contribution in [0.1, 0.15) is 0 Å². The fourth-order valence-corrected chi connectivity index (χ4v) is 2.09. The molecule has 4 heteroatoms. The van der Waals surface area contributed by atoms with Crippen molar-refractivity contribution in [1.82, 2.24) is 0 Å². The van der Waals surface area contributed by atoms with Crippen molar-refractivity contribution in [3.63, 3.8) is 0 Å². The van der Waals surface area contributed by atoms with Gasteiger partial charge in [-0.15, -0.1) is 0 Å². The summed E-state index contributed by atoms with van der Waals surface area (Å²) in [6.07, 6.45) is 0. The van der Waals surface area contributed by atoms with E-state index in [1.807, 2.05) is 6.07 Å². The number of halogens is 2.